The van der Waals surface area contributed by atoms with Gasteiger partial charge in [-0.2, -0.15) is 0 Å². The number of ether oxygens (including phenoxy) is 1. The van der Waals surface area contributed by atoms with Crippen molar-refractivity contribution in [3.63, 3.8) is 0 Å². The van der Waals surface area contributed by atoms with Gasteiger partial charge in [0.05, 0.1) is 5.92 Å². The first kappa shape index (κ1) is 14.1. The van der Waals surface area contributed by atoms with Crippen LogP contribution in [0.2, 0.25) is 0 Å². The molecule has 0 bridgehead atoms. The van der Waals surface area contributed by atoms with E-state index in [2.05, 4.69) is 21.2 Å². The molecule has 0 spiro atoms. The number of hydrogen-bond donors (Lipinski definition) is 1. The molecule has 1 aliphatic rings. The lowest BCUT2D eigenvalue weighted by Crippen LogP contribution is -2.30. The minimum absolute atomic E-state index is 0.0251. The first-order chi connectivity index (χ1) is 8.97. The molecule has 4 nitrogen and oxygen atoms in total. The van der Waals surface area contributed by atoms with Crippen LogP contribution in [0.1, 0.15) is 20.3 Å². The Morgan fingerprint density at radius 3 is 2.47 bits per heavy atom. The van der Waals surface area contributed by atoms with Crippen LogP contribution >= 0.6 is 15.9 Å². The maximum Gasteiger partial charge on any atom is 0.309 e. The molecule has 2 rings (SSSR count). The van der Waals surface area contributed by atoms with E-state index in [1.165, 1.54) is 0 Å². The average Bonchev–Trinajstić information content (AvgIpc) is 3.09. The molecule has 1 aromatic rings. The minimum atomic E-state index is -0.774. The number of esters is 1. The maximum absolute atomic E-state index is 11.9. The van der Waals surface area contributed by atoms with E-state index in [-0.39, 0.29) is 17.8 Å². The second kappa shape index (κ2) is 5.74. The smallest absolute Gasteiger partial charge is 0.309 e. The van der Waals surface area contributed by atoms with Crippen molar-refractivity contribution in [1.29, 1.82) is 0 Å². The van der Waals surface area contributed by atoms with Gasteiger partial charge in [-0.15, -0.1) is 0 Å². The number of carbonyl (C=O) groups is 2. The summed E-state index contributed by atoms with van der Waals surface area (Å²) in [6, 6.07) is 7.22. The van der Waals surface area contributed by atoms with E-state index in [9.17, 15) is 9.59 Å². The van der Waals surface area contributed by atoms with Gasteiger partial charge >= 0.3 is 5.97 Å². The number of hydrogen-bond acceptors (Lipinski definition) is 3. The Hall–Kier alpha value is -1.36. The summed E-state index contributed by atoms with van der Waals surface area (Å²) >= 11 is 3.32. The van der Waals surface area contributed by atoms with Crippen LogP contribution < -0.4 is 5.32 Å². The first-order valence-electron chi connectivity index (χ1n) is 6.24. The molecule has 19 heavy (non-hydrogen) atoms. The third-order valence-electron chi connectivity index (χ3n) is 3.19. The van der Waals surface area contributed by atoms with E-state index in [1.54, 1.807) is 19.1 Å². The second-order valence-electron chi connectivity index (χ2n) is 4.89. The summed E-state index contributed by atoms with van der Waals surface area (Å²) < 4.78 is 6.08. The zero-order valence-electron chi connectivity index (χ0n) is 10.9. The molecule has 1 amide bonds. The number of nitrogens with one attached hydrogen (secondary N) is 1. The van der Waals surface area contributed by atoms with Crippen molar-refractivity contribution >= 4 is 33.5 Å². The molecular weight excluding hydrogens is 310 g/mol. The third-order valence-corrected chi connectivity index (χ3v) is 3.71. The number of amides is 1. The van der Waals surface area contributed by atoms with Crippen molar-refractivity contribution in [2.24, 2.45) is 11.8 Å². The normalized spacial score (nSPS) is 22.5. The highest BCUT2D eigenvalue weighted by Gasteiger charge is 2.41. The van der Waals surface area contributed by atoms with Crippen molar-refractivity contribution in [1.82, 2.24) is 0 Å². The van der Waals surface area contributed by atoms with Crippen LogP contribution in [0, 0.1) is 11.8 Å². The van der Waals surface area contributed by atoms with Crippen LogP contribution in [-0.4, -0.2) is 18.0 Å². The Kier molecular flexibility index (Phi) is 4.24. The number of carbonyl (C=O) groups excluding carboxylic acids is 2. The van der Waals surface area contributed by atoms with Crippen molar-refractivity contribution in [2.75, 3.05) is 5.32 Å². The molecule has 0 unspecified atom stereocenters. The van der Waals surface area contributed by atoms with Gasteiger partial charge in [0, 0.05) is 10.2 Å². The maximum atomic E-state index is 11.9. The average molecular weight is 326 g/mol. The molecular formula is C14H16BrNO3. The Morgan fingerprint density at radius 1 is 1.37 bits per heavy atom. The summed E-state index contributed by atoms with van der Waals surface area (Å²) in [5, 5.41) is 2.71. The van der Waals surface area contributed by atoms with Crippen molar-refractivity contribution in [3.05, 3.63) is 28.7 Å². The zero-order chi connectivity index (χ0) is 14.0. The molecule has 1 saturated carbocycles. The summed E-state index contributed by atoms with van der Waals surface area (Å²) in [6.45, 7) is 3.58. The highest BCUT2D eigenvalue weighted by atomic mass is 79.9. The van der Waals surface area contributed by atoms with E-state index in [1.807, 2.05) is 19.1 Å². The summed E-state index contributed by atoms with van der Waals surface area (Å²) in [5.41, 5.74) is 0.677. The molecule has 1 N–H and O–H groups in total. The quantitative estimate of drug-likeness (QED) is 0.866. The Labute approximate surface area is 120 Å². The van der Waals surface area contributed by atoms with Gasteiger partial charge in [0.1, 0.15) is 0 Å². The first-order valence-corrected chi connectivity index (χ1v) is 7.03. The predicted molar refractivity (Wildman–Crippen MR) is 75.6 cm³/mol. The lowest BCUT2D eigenvalue weighted by Gasteiger charge is -2.13. The van der Waals surface area contributed by atoms with Crippen molar-refractivity contribution in [3.8, 4) is 0 Å². The van der Waals surface area contributed by atoms with E-state index >= 15 is 0 Å². The Morgan fingerprint density at radius 2 is 1.95 bits per heavy atom. The van der Waals surface area contributed by atoms with Gasteiger partial charge in [0.2, 0.25) is 0 Å². The summed E-state index contributed by atoms with van der Waals surface area (Å²) in [7, 11) is 0. The molecule has 0 saturated heterocycles. The lowest BCUT2D eigenvalue weighted by atomic mass is 10.3. The number of halogens is 1. The SMILES string of the molecule is C[C@H](OC(=O)[C@H]1C[C@H]1C)C(=O)Nc1ccc(Br)cc1. The number of benzene rings is 1. The van der Waals surface area contributed by atoms with Crippen molar-refractivity contribution in [2.45, 2.75) is 26.4 Å². The fourth-order valence-corrected chi connectivity index (χ4v) is 2.01. The third kappa shape index (κ3) is 3.80. The van der Waals surface area contributed by atoms with Gasteiger partial charge in [-0.3, -0.25) is 9.59 Å². The van der Waals surface area contributed by atoms with Gasteiger partial charge in [0.25, 0.3) is 5.91 Å². The number of anilines is 1. The molecule has 1 fully saturated rings. The molecule has 0 aliphatic heterocycles. The molecule has 1 aromatic carbocycles. The second-order valence-corrected chi connectivity index (χ2v) is 5.81. The van der Waals surface area contributed by atoms with E-state index in [0.29, 0.717) is 11.6 Å². The zero-order valence-corrected chi connectivity index (χ0v) is 12.4. The predicted octanol–water partition coefficient (Wildman–Crippen LogP) is 2.98. The highest BCUT2D eigenvalue weighted by Crippen LogP contribution is 2.38. The standard InChI is InChI=1S/C14H16BrNO3/c1-8-7-12(8)14(18)19-9(2)13(17)16-11-5-3-10(15)4-6-11/h3-6,8-9,12H,7H2,1-2H3,(H,16,17)/t8-,9+,12+/m1/s1. The van der Waals surface area contributed by atoms with Crippen LogP contribution in [0.4, 0.5) is 5.69 Å². The van der Waals surface area contributed by atoms with Crippen LogP contribution in [-0.2, 0) is 14.3 Å². The fourth-order valence-electron chi connectivity index (χ4n) is 1.74. The highest BCUT2D eigenvalue weighted by molar-refractivity contribution is 9.10. The Bertz CT molecular complexity index is 486. The fraction of sp³-hybridized carbons (Fsp3) is 0.429. The van der Waals surface area contributed by atoms with Crippen LogP contribution in [0.15, 0.2) is 28.7 Å². The van der Waals surface area contributed by atoms with E-state index in [4.69, 9.17) is 4.74 Å². The van der Waals surface area contributed by atoms with Crippen molar-refractivity contribution < 1.29 is 14.3 Å². The Balaban J connectivity index is 1.85. The molecule has 0 aromatic heterocycles. The molecule has 5 heteroatoms. The lowest BCUT2D eigenvalue weighted by molar-refractivity contribution is -0.154. The van der Waals surface area contributed by atoms with Gasteiger partial charge in [0.15, 0.2) is 6.10 Å². The summed E-state index contributed by atoms with van der Waals surface area (Å²) in [6.07, 6.45) is 0.0869. The molecule has 0 heterocycles. The summed E-state index contributed by atoms with van der Waals surface area (Å²) in [5.74, 6) is -0.230. The molecule has 1 aliphatic carbocycles. The largest absolute Gasteiger partial charge is 0.452 e. The van der Waals surface area contributed by atoms with Gasteiger partial charge in [-0.1, -0.05) is 22.9 Å². The van der Waals surface area contributed by atoms with Gasteiger partial charge in [-0.05, 0) is 43.5 Å². The van der Waals surface area contributed by atoms with Gasteiger partial charge < -0.3 is 10.1 Å². The van der Waals surface area contributed by atoms with E-state index in [0.717, 1.165) is 10.9 Å². The molecule has 0 radical (unpaired) electrons. The topological polar surface area (TPSA) is 55.4 Å². The minimum Gasteiger partial charge on any atom is -0.452 e. The monoisotopic (exact) mass is 325 g/mol. The van der Waals surface area contributed by atoms with Crippen LogP contribution in [0.5, 0.6) is 0 Å². The molecule has 102 valence electrons. The molecule has 3 atom stereocenters. The van der Waals surface area contributed by atoms with Crippen LogP contribution in [0.3, 0.4) is 0 Å². The van der Waals surface area contributed by atoms with Crippen LogP contribution in [0.25, 0.3) is 0 Å². The van der Waals surface area contributed by atoms with E-state index < -0.39 is 6.10 Å². The summed E-state index contributed by atoms with van der Waals surface area (Å²) in [4.78, 5) is 23.5. The number of rotatable bonds is 4. The van der Waals surface area contributed by atoms with Gasteiger partial charge in [-0.25, -0.2) is 0 Å².